The number of carbonyl (C=O) groups is 2. The molecule has 1 aliphatic heterocycles. The predicted octanol–water partition coefficient (Wildman–Crippen LogP) is 2.66. The molecule has 0 spiro atoms. The number of methoxy groups -OCH3 is 1. The fraction of sp³-hybridized carbons (Fsp3) is 0.619. The molecular weight excluding hydrogens is 392 g/mol. The maximum Gasteiger partial charge on any atom is 0.328 e. The van der Waals surface area contributed by atoms with Gasteiger partial charge < -0.3 is 9.64 Å². The van der Waals surface area contributed by atoms with E-state index in [2.05, 4.69) is 0 Å². The molecular formula is C21H30N2O5S. The van der Waals surface area contributed by atoms with Crippen molar-refractivity contribution < 1.29 is 22.7 Å². The van der Waals surface area contributed by atoms with Gasteiger partial charge in [-0.2, -0.15) is 4.31 Å². The number of hydrogen-bond acceptors (Lipinski definition) is 5. The third-order valence-corrected chi connectivity index (χ3v) is 8.27. The van der Waals surface area contributed by atoms with Crippen molar-refractivity contribution >= 4 is 21.9 Å². The monoisotopic (exact) mass is 422 g/mol. The number of esters is 1. The molecule has 1 heterocycles. The Morgan fingerprint density at radius 3 is 2.52 bits per heavy atom. The highest BCUT2D eigenvalue weighted by molar-refractivity contribution is 7.89. The number of likely N-dealkylation sites (tertiary alicyclic amines) is 1. The van der Waals surface area contributed by atoms with Gasteiger partial charge in [-0.05, 0) is 43.4 Å². The summed E-state index contributed by atoms with van der Waals surface area (Å²) in [6.07, 6.45) is 4.60. The Balaban J connectivity index is 1.95. The zero-order valence-corrected chi connectivity index (χ0v) is 18.2. The van der Waals surface area contributed by atoms with Gasteiger partial charge in [0.2, 0.25) is 10.0 Å². The highest BCUT2D eigenvalue weighted by Gasteiger charge is 2.48. The summed E-state index contributed by atoms with van der Waals surface area (Å²) in [5.74, 6) is -0.412. The van der Waals surface area contributed by atoms with Crippen molar-refractivity contribution in [3.8, 4) is 0 Å². The van der Waals surface area contributed by atoms with Gasteiger partial charge in [0.25, 0.3) is 5.91 Å². The van der Waals surface area contributed by atoms with E-state index < -0.39 is 22.0 Å². The summed E-state index contributed by atoms with van der Waals surface area (Å²) < 4.78 is 32.1. The predicted molar refractivity (Wildman–Crippen MR) is 109 cm³/mol. The lowest BCUT2D eigenvalue weighted by atomic mass is 9.84. The molecule has 1 amide bonds. The van der Waals surface area contributed by atoms with Gasteiger partial charge in [-0.25, -0.2) is 13.2 Å². The van der Waals surface area contributed by atoms with Crippen molar-refractivity contribution in [3.63, 3.8) is 0 Å². The van der Waals surface area contributed by atoms with E-state index in [1.165, 1.54) is 23.5 Å². The molecule has 1 aromatic rings. The Bertz CT molecular complexity index is 866. The second-order valence-electron chi connectivity index (χ2n) is 7.72. The molecule has 8 heteroatoms. The van der Waals surface area contributed by atoms with Gasteiger partial charge in [-0.15, -0.1) is 0 Å². The number of rotatable bonds is 6. The van der Waals surface area contributed by atoms with Crippen LogP contribution >= 0.6 is 0 Å². The van der Waals surface area contributed by atoms with Crippen LogP contribution in [0.3, 0.4) is 0 Å². The molecule has 0 radical (unpaired) electrons. The van der Waals surface area contributed by atoms with Crippen LogP contribution in [0.2, 0.25) is 0 Å². The third kappa shape index (κ3) is 4.05. The fourth-order valence-electron chi connectivity index (χ4n) is 4.75. The summed E-state index contributed by atoms with van der Waals surface area (Å²) in [6.45, 7) is 4.28. The van der Waals surface area contributed by atoms with Crippen LogP contribution in [0.1, 0.15) is 56.3 Å². The summed E-state index contributed by atoms with van der Waals surface area (Å²) in [7, 11) is -2.33. The fourth-order valence-corrected chi connectivity index (χ4v) is 6.25. The normalized spacial score (nSPS) is 24.4. The van der Waals surface area contributed by atoms with Gasteiger partial charge in [-0.1, -0.05) is 32.8 Å². The molecule has 29 heavy (non-hydrogen) atoms. The molecule has 0 unspecified atom stereocenters. The first-order valence-electron chi connectivity index (χ1n) is 10.4. The zero-order chi connectivity index (χ0) is 21.2. The number of nitrogens with zero attached hydrogens (tertiary/aromatic N) is 2. The van der Waals surface area contributed by atoms with Gasteiger partial charge in [0.1, 0.15) is 6.04 Å². The van der Waals surface area contributed by atoms with Crippen molar-refractivity contribution in [1.82, 2.24) is 9.21 Å². The number of sulfonamides is 1. The highest BCUT2D eigenvalue weighted by atomic mass is 32.2. The first kappa shape index (κ1) is 21.8. The molecule has 2 fully saturated rings. The van der Waals surface area contributed by atoms with E-state index in [0.29, 0.717) is 31.0 Å². The van der Waals surface area contributed by atoms with E-state index in [1.54, 1.807) is 30.9 Å². The van der Waals surface area contributed by atoms with Crippen molar-refractivity contribution in [2.45, 2.75) is 62.9 Å². The van der Waals surface area contributed by atoms with Crippen LogP contribution in [0.25, 0.3) is 0 Å². The third-order valence-electron chi connectivity index (χ3n) is 6.22. The summed E-state index contributed by atoms with van der Waals surface area (Å²) in [5.41, 5.74) is 0.290. The molecule has 160 valence electrons. The van der Waals surface area contributed by atoms with Crippen LogP contribution in [-0.4, -0.2) is 61.8 Å². The van der Waals surface area contributed by atoms with Crippen molar-refractivity contribution in [3.05, 3.63) is 29.8 Å². The van der Waals surface area contributed by atoms with Gasteiger partial charge in [-0.3, -0.25) is 4.79 Å². The SMILES string of the molecule is CCN(CC)S(=O)(=O)c1cccc(C(=O)N2[C@@H]3CCCC[C@@H]3C[C@H]2C(=O)OC)c1. The molecule has 1 aliphatic carbocycles. The smallest absolute Gasteiger partial charge is 0.328 e. The number of fused-ring (bicyclic) bond motifs is 1. The van der Waals surface area contributed by atoms with E-state index in [4.69, 9.17) is 4.74 Å². The van der Waals surface area contributed by atoms with E-state index in [1.807, 2.05) is 0 Å². The maximum atomic E-state index is 13.4. The average Bonchev–Trinajstić information content (AvgIpc) is 3.13. The molecule has 2 aliphatic rings. The Hall–Kier alpha value is -1.93. The lowest BCUT2D eigenvalue weighted by Crippen LogP contribution is -2.46. The zero-order valence-electron chi connectivity index (χ0n) is 17.3. The van der Waals surface area contributed by atoms with Gasteiger partial charge >= 0.3 is 5.97 Å². The first-order valence-corrected chi connectivity index (χ1v) is 11.8. The standard InChI is InChI=1S/C21H30N2O5S/c1-4-22(5-2)29(26,27)17-11-8-10-16(13-17)20(24)23-18-12-7-6-9-15(18)14-19(23)21(25)28-3/h8,10-11,13,15,18-19H,4-7,9,12,14H2,1-3H3/t15-,18-,19+/m1/s1. The minimum absolute atomic E-state index is 0.00314. The van der Waals surface area contributed by atoms with Gasteiger partial charge in [0.05, 0.1) is 12.0 Å². The molecule has 0 bridgehead atoms. The summed E-state index contributed by atoms with van der Waals surface area (Å²) in [6, 6.07) is 5.54. The van der Waals surface area contributed by atoms with Crippen LogP contribution in [0, 0.1) is 5.92 Å². The number of hydrogen-bond donors (Lipinski definition) is 0. The van der Waals surface area contributed by atoms with E-state index in [9.17, 15) is 18.0 Å². The second kappa shape index (κ2) is 8.83. The molecule has 0 aromatic heterocycles. The average molecular weight is 423 g/mol. The van der Waals surface area contributed by atoms with Crippen molar-refractivity contribution in [2.24, 2.45) is 5.92 Å². The van der Waals surface area contributed by atoms with Crippen LogP contribution in [0.15, 0.2) is 29.2 Å². The molecule has 0 N–H and O–H groups in total. The first-order chi connectivity index (χ1) is 13.8. The van der Waals surface area contributed by atoms with Gasteiger partial charge in [0.15, 0.2) is 0 Å². The largest absolute Gasteiger partial charge is 0.467 e. The number of ether oxygens (including phenoxy) is 1. The Labute approximate surface area is 173 Å². The molecule has 1 saturated heterocycles. The van der Waals surface area contributed by atoms with Crippen LogP contribution < -0.4 is 0 Å². The Morgan fingerprint density at radius 2 is 1.86 bits per heavy atom. The van der Waals surface area contributed by atoms with Crippen molar-refractivity contribution in [2.75, 3.05) is 20.2 Å². The lowest BCUT2D eigenvalue weighted by molar-refractivity contribution is -0.145. The number of amides is 1. The molecule has 3 atom stereocenters. The molecule has 1 aromatic carbocycles. The minimum atomic E-state index is -3.67. The summed E-state index contributed by atoms with van der Waals surface area (Å²) in [5, 5.41) is 0. The minimum Gasteiger partial charge on any atom is -0.467 e. The second-order valence-corrected chi connectivity index (χ2v) is 9.65. The maximum absolute atomic E-state index is 13.4. The Morgan fingerprint density at radius 1 is 1.17 bits per heavy atom. The van der Waals surface area contributed by atoms with E-state index in [-0.39, 0.29) is 16.8 Å². The summed E-state index contributed by atoms with van der Waals surface area (Å²) in [4.78, 5) is 27.6. The Kier molecular flexibility index (Phi) is 6.63. The van der Waals surface area contributed by atoms with E-state index >= 15 is 0 Å². The quantitative estimate of drug-likeness (QED) is 0.658. The lowest BCUT2D eigenvalue weighted by Gasteiger charge is -2.33. The van der Waals surface area contributed by atoms with Crippen LogP contribution in [0.4, 0.5) is 0 Å². The number of benzene rings is 1. The summed E-state index contributed by atoms with van der Waals surface area (Å²) >= 11 is 0. The highest BCUT2D eigenvalue weighted by Crippen LogP contribution is 2.41. The molecule has 7 nitrogen and oxygen atoms in total. The van der Waals surface area contributed by atoms with Crippen molar-refractivity contribution in [1.29, 1.82) is 0 Å². The number of carbonyl (C=O) groups excluding carboxylic acids is 2. The molecule has 1 saturated carbocycles. The van der Waals surface area contributed by atoms with E-state index in [0.717, 1.165) is 25.7 Å². The van der Waals surface area contributed by atoms with Crippen LogP contribution in [-0.2, 0) is 19.6 Å². The van der Waals surface area contributed by atoms with Crippen LogP contribution in [0.5, 0.6) is 0 Å². The topological polar surface area (TPSA) is 84.0 Å². The van der Waals surface area contributed by atoms with Gasteiger partial charge in [0, 0.05) is 24.7 Å². The molecule has 3 rings (SSSR count).